The number of nitrogens with one attached hydrogen (secondary N) is 2. The topological polar surface area (TPSA) is 129 Å². The number of ether oxygens (including phenoxy) is 4. The summed E-state index contributed by atoms with van der Waals surface area (Å²) in [7, 11) is 0. The Morgan fingerprint density at radius 3 is 1.17 bits per heavy atom. The highest BCUT2D eigenvalue weighted by molar-refractivity contribution is 5.87. The third-order valence-electron chi connectivity index (χ3n) is 11.8. The van der Waals surface area contributed by atoms with E-state index in [2.05, 4.69) is 37.6 Å². The van der Waals surface area contributed by atoms with Crippen LogP contribution in [0.15, 0.2) is 24.3 Å². The molecule has 1 fully saturated rings. The molecule has 0 aromatic carbocycles. The van der Waals surface area contributed by atoms with Crippen molar-refractivity contribution in [2.24, 2.45) is 23.7 Å². The lowest BCUT2D eigenvalue weighted by Crippen LogP contribution is -2.35. The van der Waals surface area contributed by atoms with Crippen molar-refractivity contribution in [1.82, 2.24) is 10.6 Å². The van der Waals surface area contributed by atoms with Gasteiger partial charge in [-0.15, -0.1) is 0 Å². The van der Waals surface area contributed by atoms with E-state index in [-0.39, 0.29) is 26.3 Å². The predicted octanol–water partition coefficient (Wildman–Crippen LogP) is 12.3. The van der Waals surface area contributed by atoms with E-state index in [0.717, 1.165) is 49.4 Å². The minimum absolute atomic E-state index is 0.103. The first-order valence-corrected chi connectivity index (χ1v) is 23.6. The highest BCUT2D eigenvalue weighted by Gasteiger charge is 2.37. The summed E-state index contributed by atoms with van der Waals surface area (Å²) in [5.41, 5.74) is 0.676. The minimum atomic E-state index is -0.469. The normalized spacial score (nSPS) is 17.6. The summed E-state index contributed by atoms with van der Waals surface area (Å²) in [5.74, 6) is 2.61. The number of esters is 2. The average Bonchev–Trinajstić information content (AvgIpc) is 3.20. The van der Waals surface area contributed by atoms with Gasteiger partial charge in [-0.05, 0) is 76.0 Å². The standard InChI is InChI=1S/C48H86N2O8/c1-7-9-11-16-23-29-43-41(27-21-10-8-2)31-32-42(28-22-17-12-14-19-25-35-57-47(53)49-33-37-55-45(51)39(3)4)44(43)30-24-18-13-15-20-26-36-58-48(54)50-34-38-56-46(52)40(5)6/h41-44H,3,5,7-38H2,1-2,4,6H3,(H,49,53)(H,50,54). The second kappa shape index (κ2) is 35.9. The zero-order valence-corrected chi connectivity index (χ0v) is 37.6. The van der Waals surface area contributed by atoms with Gasteiger partial charge in [0, 0.05) is 11.1 Å². The van der Waals surface area contributed by atoms with Crippen LogP contribution in [0.2, 0.25) is 0 Å². The lowest BCUT2D eigenvalue weighted by atomic mass is 9.61. The van der Waals surface area contributed by atoms with E-state index < -0.39 is 24.1 Å². The fourth-order valence-corrected chi connectivity index (χ4v) is 8.49. The summed E-state index contributed by atoms with van der Waals surface area (Å²) in [4.78, 5) is 46.6. The van der Waals surface area contributed by atoms with Crippen LogP contribution in [0, 0.1) is 23.7 Å². The van der Waals surface area contributed by atoms with Gasteiger partial charge < -0.3 is 29.6 Å². The summed E-state index contributed by atoms with van der Waals surface area (Å²) in [5, 5.41) is 5.23. The summed E-state index contributed by atoms with van der Waals surface area (Å²) >= 11 is 0. The maximum absolute atomic E-state index is 11.9. The first kappa shape index (κ1) is 53.0. The van der Waals surface area contributed by atoms with Crippen LogP contribution in [-0.4, -0.2) is 63.6 Å². The second-order valence-corrected chi connectivity index (χ2v) is 16.9. The number of carbonyl (C=O) groups is 4. The van der Waals surface area contributed by atoms with Crippen LogP contribution in [0.4, 0.5) is 9.59 Å². The van der Waals surface area contributed by atoms with Crippen LogP contribution < -0.4 is 10.6 Å². The maximum Gasteiger partial charge on any atom is 0.407 e. The van der Waals surface area contributed by atoms with Crippen LogP contribution in [-0.2, 0) is 28.5 Å². The van der Waals surface area contributed by atoms with E-state index in [1.807, 2.05) is 0 Å². The molecule has 0 aromatic heterocycles. The van der Waals surface area contributed by atoms with Crippen molar-refractivity contribution in [3.63, 3.8) is 0 Å². The van der Waals surface area contributed by atoms with Gasteiger partial charge in [-0.25, -0.2) is 19.2 Å². The third-order valence-corrected chi connectivity index (χ3v) is 11.8. The van der Waals surface area contributed by atoms with Gasteiger partial charge in [0.05, 0.1) is 26.3 Å². The van der Waals surface area contributed by atoms with Gasteiger partial charge in [0.2, 0.25) is 0 Å². The zero-order chi connectivity index (χ0) is 42.6. The SMILES string of the molecule is C=C(C)C(=O)OCCNC(=O)OCCCCCCCCC1CCC(CCCCC)C(CCCCCCC)C1CCCCCCCCOC(=O)NCCOC(=O)C(=C)C. The molecule has 2 amide bonds. The van der Waals surface area contributed by atoms with E-state index in [4.69, 9.17) is 18.9 Å². The fourth-order valence-electron chi connectivity index (χ4n) is 8.49. The molecule has 0 saturated heterocycles. The lowest BCUT2D eigenvalue weighted by Gasteiger charge is -2.44. The number of hydrogen-bond acceptors (Lipinski definition) is 8. The number of carbonyl (C=O) groups excluding carboxylic acids is 4. The molecule has 0 aromatic rings. The molecule has 2 N–H and O–H groups in total. The zero-order valence-electron chi connectivity index (χ0n) is 37.6. The molecule has 58 heavy (non-hydrogen) atoms. The Kier molecular flexibility index (Phi) is 32.8. The molecule has 0 heterocycles. The van der Waals surface area contributed by atoms with E-state index in [0.29, 0.717) is 24.4 Å². The number of amides is 2. The molecule has 1 aliphatic carbocycles. The molecule has 1 rings (SSSR count). The van der Waals surface area contributed by atoms with Crippen LogP contribution in [0.25, 0.3) is 0 Å². The van der Waals surface area contributed by atoms with E-state index in [1.165, 1.54) is 141 Å². The Hall–Kier alpha value is -3.04. The number of hydrogen-bond donors (Lipinski definition) is 2. The monoisotopic (exact) mass is 819 g/mol. The average molecular weight is 819 g/mol. The minimum Gasteiger partial charge on any atom is -0.460 e. The van der Waals surface area contributed by atoms with Crippen molar-refractivity contribution in [2.75, 3.05) is 39.5 Å². The molecule has 0 aliphatic heterocycles. The van der Waals surface area contributed by atoms with Crippen molar-refractivity contribution in [2.45, 2.75) is 195 Å². The Balaban J connectivity index is 2.48. The van der Waals surface area contributed by atoms with E-state index in [1.54, 1.807) is 13.8 Å². The van der Waals surface area contributed by atoms with Crippen molar-refractivity contribution >= 4 is 24.1 Å². The maximum atomic E-state index is 11.9. The molecule has 10 heteroatoms. The molecule has 1 aliphatic rings. The Morgan fingerprint density at radius 1 is 0.448 bits per heavy atom. The first-order valence-electron chi connectivity index (χ1n) is 23.6. The molecule has 1 saturated carbocycles. The van der Waals surface area contributed by atoms with Gasteiger partial charge in [-0.1, -0.05) is 155 Å². The number of unbranched alkanes of at least 4 members (excludes halogenated alkanes) is 16. The first-order chi connectivity index (χ1) is 28.1. The molecule has 336 valence electrons. The third kappa shape index (κ3) is 27.6. The van der Waals surface area contributed by atoms with Crippen LogP contribution in [0.3, 0.4) is 0 Å². The van der Waals surface area contributed by atoms with Gasteiger partial charge in [0.25, 0.3) is 0 Å². The molecule has 4 unspecified atom stereocenters. The molecule has 0 bridgehead atoms. The molecule has 4 atom stereocenters. The number of alkyl carbamates (subject to hydrolysis) is 2. The lowest BCUT2D eigenvalue weighted by molar-refractivity contribution is -0.139. The number of rotatable bonds is 36. The Labute approximate surface area is 354 Å². The van der Waals surface area contributed by atoms with Crippen molar-refractivity contribution < 1.29 is 38.1 Å². The molecule has 0 radical (unpaired) electrons. The van der Waals surface area contributed by atoms with E-state index in [9.17, 15) is 19.2 Å². The van der Waals surface area contributed by atoms with Gasteiger partial charge in [0.1, 0.15) is 13.2 Å². The molecule has 10 nitrogen and oxygen atoms in total. The predicted molar refractivity (Wildman–Crippen MR) is 236 cm³/mol. The van der Waals surface area contributed by atoms with Crippen molar-refractivity contribution in [3.8, 4) is 0 Å². The molecular weight excluding hydrogens is 733 g/mol. The highest BCUT2D eigenvalue weighted by Crippen LogP contribution is 2.47. The van der Waals surface area contributed by atoms with Crippen molar-refractivity contribution in [3.05, 3.63) is 24.3 Å². The molecule has 0 spiro atoms. The van der Waals surface area contributed by atoms with Crippen molar-refractivity contribution in [1.29, 1.82) is 0 Å². The van der Waals surface area contributed by atoms with Gasteiger partial charge in [0.15, 0.2) is 0 Å². The van der Waals surface area contributed by atoms with Gasteiger partial charge in [-0.3, -0.25) is 0 Å². The Bertz CT molecular complexity index is 1130. The highest BCUT2D eigenvalue weighted by atomic mass is 16.6. The van der Waals surface area contributed by atoms with Crippen LogP contribution in [0.5, 0.6) is 0 Å². The summed E-state index contributed by atoms with van der Waals surface area (Å²) in [6.07, 6.45) is 32.3. The smallest absolute Gasteiger partial charge is 0.407 e. The largest absolute Gasteiger partial charge is 0.460 e. The van der Waals surface area contributed by atoms with Gasteiger partial charge in [-0.2, -0.15) is 0 Å². The van der Waals surface area contributed by atoms with Crippen LogP contribution >= 0.6 is 0 Å². The molecular formula is C48H86N2O8. The fraction of sp³-hybridized carbons (Fsp3) is 0.833. The van der Waals surface area contributed by atoms with Crippen LogP contribution in [0.1, 0.15) is 195 Å². The van der Waals surface area contributed by atoms with Gasteiger partial charge >= 0.3 is 24.1 Å². The van der Waals surface area contributed by atoms with E-state index >= 15 is 0 Å². The summed E-state index contributed by atoms with van der Waals surface area (Å²) < 4.78 is 20.5. The summed E-state index contributed by atoms with van der Waals surface area (Å²) in [6, 6.07) is 0. The Morgan fingerprint density at radius 2 is 0.776 bits per heavy atom. The quantitative estimate of drug-likeness (QED) is 0.0277. The summed E-state index contributed by atoms with van der Waals surface area (Å²) in [6.45, 7) is 16.4. The second-order valence-electron chi connectivity index (χ2n) is 16.9.